The van der Waals surface area contributed by atoms with Crippen molar-refractivity contribution < 1.29 is 28.2 Å². The van der Waals surface area contributed by atoms with Gasteiger partial charge in [-0.25, -0.2) is 18.0 Å². The molecule has 0 bridgehead atoms. The number of hydrogen-bond donors (Lipinski definition) is 3. The van der Waals surface area contributed by atoms with Gasteiger partial charge in [0.1, 0.15) is 23.0 Å². The second-order valence-corrected chi connectivity index (χ2v) is 3.74. The molecule has 0 aliphatic heterocycles. The van der Waals surface area contributed by atoms with Gasteiger partial charge in [-0.1, -0.05) is 0 Å². The van der Waals surface area contributed by atoms with E-state index in [-0.39, 0.29) is 5.69 Å². The third kappa shape index (κ3) is 2.63. The summed E-state index contributed by atoms with van der Waals surface area (Å²) in [4.78, 5) is 14.2. The first-order valence-corrected chi connectivity index (χ1v) is 5.23. The summed E-state index contributed by atoms with van der Waals surface area (Å²) in [5.74, 6) is -6.08. The lowest BCUT2D eigenvalue weighted by molar-refractivity contribution is 0.0697. The number of carboxylic acid groups (broad SMARTS) is 1. The smallest absolute Gasteiger partial charge is 0.339 e. The minimum atomic E-state index is -1.53. The van der Waals surface area contributed by atoms with E-state index in [0.717, 1.165) is 12.1 Å². The van der Waals surface area contributed by atoms with Gasteiger partial charge in [0.25, 0.3) is 0 Å². The average molecular weight is 284 g/mol. The number of nitrogens with one attached hydrogen (secondary N) is 1. The SMILES string of the molecule is O=C(O)c1cc(F)c(O)nc1Nc1ccc(F)cc1F. The van der Waals surface area contributed by atoms with Crippen LogP contribution in [0.4, 0.5) is 24.7 Å². The number of aromatic carboxylic acids is 1. The summed E-state index contributed by atoms with van der Waals surface area (Å²) in [5, 5.41) is 20.3. The lowest BCUT2D eigenvalue weighted by Crippen LogP contribution is -2.07. The molecule has 0 aliphatic carbocycles. The maximum absolute atomic E-state index is 13.4. The predicted molar refractivity (Wildman–Crippen MR) is 62.5 cm³/mol. The molecule has 0 saturated heterocycles. The van der Waals surface area contributed by atoms with Crippen LogP contribution in [0.2, 0.25) is 0 Å². The lowest BCUT2D eigenvalue weighted by Gasteiger charge is -2.10. The topological polar surface area (TPSA) is 82.5 Å². The summed E-state index contributed by atoms with van der Waals surface area (Å²) >= 11 is 0. The second-order valence-electron chi connectivity index (χ2n) is 3.74. The largest absolute Gasteiger partial charge is 0.491 e. The number of anilines is 2. The Hall–Kier alpha value is -2.77. The number of halogens is 3. The first-order chi connectivity index (χ1) is 9.38. The quantitative estimate of drug-likeness (QED) is 0.807. The number of benzene rings is 1. The number of aromatic hydroxyl groups is 1. The van der Waals surface area contributed by atoms with Gasteiger partial charge in [0, 0.05) is 6.07 Å². The van der Waals surface area contributed by atoms with Crippen molar-refractivity contribution in [2.24, 2.45) is 0 Å². The van der Waals surface area contributed by atoms with Crippen molar-refractivity contribution in [1.82, 2.24) is 4.98 Å². The van der Waals surface area contributed by atoms with Gasteiger partial charge in [-0.3, -0.25) is 0 Å². The number of hydrogen-bond acceptors (Lipinski definition) is 4. The fourth-order valence-corrected chi connectivity index (χ4v) is 1.46. The molecule has 104 valence electrons. The Morgan fingerprint density at radius 1 is 1.15 bits per heavy atom. The highest BCUT2D eigenvalue weighted by atomic mass is 19.1. The molecule has 0 unspecified atom stereocenters. The molecule has 0 amide bonds. The molecule has 2 rings (SSSR count). The summed E-state index contributed by atoms with van der Waals surface area (Å²) in [5.41, 5.74) is -0.878. The minimum Gasteiger partial charge on any atom is -0.491 e. The van der Waals surface area contributed by atoms with Gasteiger partial charge >= 0.3 is 5.97 Å². The van der Waals surface area contributed by atoms with Crippen molar-refractivity contribution >= 4 is 17.5 Å². The van der Waals surface area contributed by atoms with Crippen LogP contribution in [0.3, 0.4) is 0 Å². The minimum absolute atomic E-state index is 0.271. The zero-order valence-corrected chi connectivity index (χ0v) is 9.69. The van der Waals surface area contributed by atoms with Gasteiger partial charge in [0.05, 0.1) is 5.69 Å². The van der Waals surface area contributed by atoms with Crippen molar-refractivity contribution in [2.75, 3.05) is 5.32 Å². The summed E-state index contributed by atoms with van der Waals surface area (Å²) in [7, 11) is 0. The Bertz CT molecular complexity index is 692. The highest BCUT2D eigenvalue weighted by Gasteiger charge is 2.18. The summed E-state index contributed by atoms with van der Waals surface area (Å²) in [6.45, 7) is 0. The molecule has 0 spiro atoms. The molecule has 0 fully saturated rings. The van der Waals surface area contributed by atoms with Crippen molar-refractivity contribution in [3.8, 4) is 5.88 Å². The predicted octanol–water partition coefficient (Wildman–Crippen LogP) is 2.65. The Morgan fingerprint density at radius 3 is 2.45 bits per heavy atom. The van der Waals surface area contributed by atoms with Crippen LogP contribution in [0.25, 0.3) is 0 Å². The standard InChI is InChI=1S/C12H7F3N2O3/c13-5-1-2-9(7(14)3-5)16-10-6(12(19)20)4-8(15)11(18)17-10/h1-4H,(H,19,20)(H2,16,17,18). The van der Waals surface area contributed by atoms with E-state index in [1.165, 1.54) is 0 Å². The zero-order valence-electron chi connectivity index (χ0n) is 9.69. The molecule has 0 aliphatic rings. The Morgan fingerprint density at radius 2 is 1.85 bits per heavy atom. The first-order valence-electron chi connectivity index (χ1n) is 5.23. The molecule has 1 aromatic carbocycles. The molecule has 0 saturated carbocycles. The molecular weight excluding hydrogens is 277 g/mol. The van der Waals surface area contributed by atoms with E-state index in [9.17, 15) is 18.0 Å². The van der Waals surface area contributed by atoms with Crippen LogP contribution in [0.5, 0.6) is 5.88 Å². The fraction of sp³-hybridized carbons (Fsp3) is 0. The van der Waals surface area contributed by atoms with Crippen LogP contribution >= 0.6 is 0 Å². The molecule has 3 N–H and O–H groups in total. The van der Waals surface area contributed by atoms with Crippen LogP contribution in [0.1, 0.15) is 10.4 Å². The van der Waals surface area contributed by atoms with Gasteiger partial charge in [0.2, 0.25) is 5.88 Å². The Labute approximate surface area is 110 Å². The van der Waals surface area contributed by atoms with Crippen LogP contribution in [-0.4, -0.2) is 21.2 Å². The van der Waals surface area contributed by atoms with Crippen LogP contribution in [0.15, 0.2) is 24.3 Å². The lowest BCUT2D eigenvalue weighted by atomic mass is 10.2. The molecule has 0 atom stereocenters. The van der Waals surface area contributed by atoms with Crippen molar-refractivity contribution in [2.45, 2.75) is 0 Å². The molecule has 20 heavy (non-hydrogen) atoms. The highest BCUT2D eigenvalue weighted by molar-refractivity contribution is 5.94. The van der Waals surface area contributed by atoms with Gasteiger partial charge in [0.15, 0.2) is 5.82 Å². The summed E-state index contributed by atoms with van der Waals surface area (Å²) < 4.78 is 39.2. The molecular formula is C12H7F3N2O3. The molecule has 5 nitrogen and oxygen atoms in total. The van der Waals surface area contributed by atoms with Gasteiger partial charge < -0.3 is 15.5 Å². The zero-order chi connectivity index (χ0) is 14.9. The van der Waals surface area contributed by atoms with Crippen molar-refractivity contribution in [3.63, 3.8) is 0 Å². The Balaban J connectivity index is 2.47. The average Bonchev–Trinajstić information content (AvgIpc) is 2.36. The van der Waals surface area contributed by atoms with E-state index in [1.807, 2.05) is 0 Å². The first kappa shape index (κ1) is 13.7. The van der Waals surface area contributed by atoms with E-state index < -0.39 is 40.7 Å². The van der Waals surface area contributed by atoms with E-state index in [4.69, 9.17) is 10.2 Å². The third-order valence-electron chi connectivity index (χ3n) is 2.37. The normalized spacial score (nSPS) is 10.3. The number of pyridine rings is 1. The summed E-state index contributed by atoms with van der Waals surface area (Å²) in [6, 6.07) is 3.06. The number of carboxylic acids is 1. The number of nitrogens with zero attached hydrogens (tertiary/aromatic N) is 1. The summed E-state index contributed by atoms with van der Waals surface area (Å²) in [6.07, 6.45) is 0. The number of carbonyl (C=O) groups is 1. The van der Waals surface area contributed by atoms with Crippen molar-refractivity contribution in [1.29, 1.82) is 0 Å². The molecule has 8 heteroatoms. The monoisotopic (exact) mass is 284 g/mol. The van der Waals surface area contributed by atoms with Gasteiger partial charge in [-0.2, -0.15) is 4.98 Å². The van der Waals surface area contributed by atoms with Crippen molar-refractivity contribution in [3.05, 3.63) is 47.3 Å². The maximum Gasteiger partial charge on any atom is 0.339 e. The molecule has 1 heterocycles. The number of aromatic nitrogens is 1. The highest BCUT2D eigenvalue weighted by Crippen LogP contribution is 2.25. The third-order valence-corrected chi connectivity index (χ3v) is 2.37. The fourth-order valence-electron chi connectivity index (χ4n) is 1.46. The maximum atomic E-state index is 13.4. The molecule has 2 aromatic rings. The van der Waals surface area contributed by atoms with Gasteiger partial charge in [-0.05, 0) is 18.2 Å². The van der Waals surface area contributed by atoms with E-state index >= 15 is 0 Å². The van der Waals surface area contributed by atoms with Crippen LogP contribution in [0, 0.1) is 17.5 Å². The van der Waals surface area contributed by atoms with E-state index in [2.05, 4.69) is 10.3 Å². The molecule has 1 aromatic heterocycles. The molecule has 0 radical (unpaired) electrons. The number of rotatable bonds is 3. The van der Waals surface area contributed by atoms with E-state index in [1.54, 1.807) is 0 Å². The Kier molecular flexibility index (Phi) is 3.47. The second kappa shape index (κ2) is 5.08. The van der Waals surface area contributed by atoms with Crippen LogP contribution < -0.4 is 5.32 Å². The van der Waals surface area contributed by atoms with Gasteiger partial charge in [-0.15, -0.1) is 0 Å². The van der Waals surface area contributed by atoms with E-state index in [0.29, 0.717) is 12.1 Å². The van der Waals surface area contributed by atoms with Crippen LogP contribution in [-0.2, 0) is 0 Å².